The number of aromatic nitrogens is 2. The molecule has 0 bridgehead atoms. The predicted octanol–water partition coefficient (Wildman–Crippen LogP) is 4.94. The smallest absolute Gasteiger partial charge is 0.307 e. The molecule has 2 atom stereocenters. The van der Waals surface area contributed by atoms with Gasteiger partial charge in [0.1, 0.15) is 0 Å². The molecule has 2 heterocycles. The number of hydrogen-bond acceptors (Lipinski definition) is 5. The highest BCUT2D eigenvalue weighted by atomic mass is 35.5. The van der Waals surface area contributed by atoms with E-state index in [-0.39, 0.29) is 16.5 Å². The highest BCUT2D eigenvalue weighted by molar-refractivity contribution is 8.01. The maximum absolute atomic E-state index is 12.1. The Hall–Kier alpha value is -1.79. The van der Waals surface area contributed by atoms with E-state index >= 15 is 0 Å². The van der Waals surface area contributed by atoms with Gasteiger partial charge in [-0.1, -0.05) is 17.7 Å². The molecule has 0 aliphatic carbocycles. The summed E-state index contributed by atoms with van der Waals surface area (Å²) >= 11 is 7.90. The number of thioether (sulfide) groups is 1. The molecule has 3 rings (SSSR count). The molecule has 0 spiro atoms. The fourth-order valence-corrected chi connectivity index (χ4v) is 5.26. The Bertz CT molecular complexity index is 907. The second kappa shape index (κ2) is 8.07. The highest BCUT2D eigenvalue weighted by Crippen LogP contribution is 2.48. The molecule has 0 N–H and O–H groups in total. The average molecular weight is 406 g/mol. The van der Waals surface area contributed by atoms with Crippen molar-refractivity contribution in [2.24, 2.45) is 12.0 Å². The summed E-state index contributed by atoms with van der Waals surface area (Å²) in [6.07, 6.45) is 0.303. The van der Waals surface area contributed by atoms with Gasteiger partial charge in [0.15, 0.2) is 5.82 Å². The first-order valence-electron chi connectivity index (χ1n) is 8.97. The van der Waals surface area contributed by atoms with Gasteiger partial charge in [0.2, 0.25) is 0 Å². The van der Waals surface area contributed by atoms with E-state index in [0.29, 0.717) is 18.1 Å². The van der Waals surface area contributed by atoms with Gasteiger partial charge in [-0.2, -0.15) is 5.10 Å². The van der Waals surface area contributed by atoms with E-state index in [0.717, 1.165) is 28.4 Å². The Balaban J connectivity index is 2.09. The molecule has 1 aliphatic heterocycles. The maximum atomic E-state index is 12.1. The van der Waals surface area contributed by atoms with E-state index < -0.39 is 0 Å². The lowest BCUT2D eigenvalue weighted by atomic mass is 10.00. The quantitative estimate of drug-likeness (QED) is 0.676. The summed E-state index contributed by atoms with van der Waals surface area (Å²) in [5, 5.41) is 5.26. The number of hydrogen-bond donors (Lipinski definition) is 0. The lowest BCUT2D eigenvalue weighted by Gasteiger charge is -2.22. The Kier molecular flexibility index (Phi) is 5.96. The van der Waals surface area contributed by atoms with Crippen molar-refractivity contribution in [1.82, 2.24) is 9.78 Å². The fourth-order valence-electron chi connectivity index (χ4n) is 3.40. The Morgan fingerprint density at radius 3 is 2.74 bits per heavy atom. The minimum absolute atomic E-state index is 0.0200. The number of nitrogens with zero attached hydrogens (tertiary/aromatic N) is 3. The lowest BCUT2D eigenvalue weighted by molar-refractivity contribution is -0.142. The minimum Gasteiger partial charge on any atom is -0.466 e. The number of rotatable bonds is 4. The molecule has 2 aromatic rings. The molecule has 1 aromatic carbocycles. The predicted molar refractivity (Wildman–Crippen MR) is 111 cm³/mol. The number of halogens is 1. The summed E-state index contributed by atoms with van der Waals surface area (Å²) < 4.78 is 7.00. The third-order valence-electron chi connectivity index (χ3n) is 4.72. The van der Waals surface area contributed by atoms with Crippen LogP contribution in [0.4, 0.5) is 5.82 Å². The Morgan fingerprint density at radius 1 is 1.33 bits per heavy atom. The van der Waals surface area contributed by atoms with Crippen LogP contribution in [0.15, 0.2) is 23.2 Å². The first-order valence-corrected chi connectivity index (χ1v) is 10.3. The van der Waals surface area contributed by atoms with Crippen molar-refractivity contribution in [2.45, 2.75) is 44.6 Å². The van der Waals surface area contributed by atoms with Crippen LogP contribution in [-0.4, -0.2) is 33.3 Å². The molecule has 1 aromatic heterocycles. The summed E-state index contributed by atoms with van der Waals surface area (Å²) in [5.74, 6) is 0.653. The summed E-state index contributed by atoms with van der Waals surface area (Å²) in [7, 11) is 1.91. The average Bonchev–Trinajstić information content (AvgIpc) is 2.77. The normalized spacial score (nSPS) is 19.3. The van der Waals surface area contributed by atoms with Gasteiger partial charge in [0.25, 0.3) is 0 Å². The molecule has 0 saturated heterocycles. The summed E-state index contributed by atoms with van der Waals surface area (Å²) in [4.78, 5) is 17.0. The van der Waals surface area contributed by atoms with E-state index in [2.05, 4.69) is 18.1 Å². The molecule has 0 fully saturated rings. The van der Waals surface area contributed by atoms with Crippen molar-refractivity contribution in [1.29, 1.82) is 0 Å². The van der Waals surface area contributed by atoms with E-state index in [4.69, 9.17) is 21.3 Å². The van der Waals surface area contributed by atoms with Crippen molar-refractivity contribution < 1.29 is 9.53 Å². The number of carbonyl (C=O) groups excluding carboxylic acids is 1. The number of benzene rings is 1. The third kappa shape index (κ3) is 4.06. The second-order valence-electron chi connectivity index (χ2n) is 6.71. The van der Waals surface area contributed by atoms with Gasteiger partial charge in [0.05, 0.1) is 29.2 Å². The van der Waals surface area contributed by atoms with Crippen LogP contribution in [0.25, 0.3) is 0 Å². The Morgan fingerprint density at radius 2 is 2.07 bits per heavy atom. The van der Waals surface area contributed by atoms with Crippen molar-refractivity contribution in [3.05, 3.63) is 45.6 Å². The van der Waals surface area contributed by atoms with E-state index in [1.54, 1.807) is 11.8 Å². The van der Waals surface area contributed by atoms with Gasteiger partial charge in [0, 0.05) is 23.3 Å². The molecule has 144 valence electrons. The molecule has 5 nitrogen and oxygen atoms in total. The fraction of sp³-hybridized carbons (Fsp3) is 0.450. The monoisotopic (exact) mass is 405 g/mol. The first-order chi connectivity index (χ1) is 12.8. The first kappa shape index (κ1) is 20.0. The topological polar surface area (TPSA) is 56.5 Å². The van der Waals surface area contributed by atoms with E-state index in [1.807, 2.05) is 44.6 Å². The summed E-state index contributed by atoms with van der Waals surface area (Å²) in [6, 6.07) is 5.95. The zero-order chi connectivity index (χ0) is 19.7. The standard InChI is InChI=1S/C20H24ClN3O2S/c1-6-26-17(25)10-16-12(3)22-20-18(13(4)23-24(20)5)19(27-16)15-8-7-14(21)9-11(15)2/h7-9,16,19H,6,10H2,1-5H3. The minimum atomic E-state index is -0.197. The number of aliphatic imine (C=N–C) groups is 1. The molecular weight excluding hydrogens is 382 g/mol. The number of aryl methyl sites for hydroxylation is 3. The van der Waals surface area contributed by atoms with Gasteiger partial charge in [-0.25, -0.2) is 4.99 Å². The summed E-state index contributed by atoms with van der Waals surface area (Å²) in [5.41, 5.74) is 5.24. The maximum Gasteiger partial charge on any atom is 0.307 e. The van der Waals surface area contributed by atoms with Crippen LogP contribution in [0, 0.1) is 13.8 Å². The number of carbonyl (C=O) groups is 1. The van der Waals surface area contributed by atoms with Crippen molar-refractivity contribution in [3.63, 3.8) is 0 Å². The van der Waals surface area contributed by atoms with Gasteiger partial charge >= 0.3 is 5.97 Å². The van der Waals surface area contributed by atoms with Crippen molar-refractivity contribution in [2.75, 3.05) is 6.61 Å². The number of ether oxygens (including phenoxy) is 1. The zero-order valence-electron chi connectivity index (χ0n) is 16.2. The van der Waals surface area contributed by atoms with Gasteiger partial charge in [-0.15, -0.1) is 11.8 Å². The highest BCUT2D eigenvalue weighted by Gasteiger charge is 2.33. The van der Waals surface area contributed by atoms with Crippen LogP contribution in [0.1, 0.15) is 47.9 Å². The lowest BCUT2D eigenvalue weighted by Crippen LogP contribution is -2.21. The number of esters is 1. The number of fused-ring (bicyclic) bond motifs is 1. The van der Waals surface area contributed by atoms with E-state index in [9.17, 15) is 4.79 Å². The molecule has 1 aliphatic rings. The molecule has 2 unspecified atom stereocenters. The third-order valence-corrected chi connectivity index (χ3v) is 6.55. The molecular formula is C20H24ClN3O2S. The van der Waals surface area contributed by atoms with Crippen molar-refractivity contribution in [3.8, 4) is 0 Å². The van der Waals surface area contributed by atoms with Crippen LogP contribution < -0.4 is 0 Å². The zero-order valence-corrected chi connectivity index (χ0v) is 17.8. The SMILES string of the molecule is CCOC(=O)CC1SC(c2ccc(Cl)cc2C)c2c(C)nn(C)c2N=C1C. The largest absolute Gasteiger partial charge is 0.466 e. The van der Waals surface area contributed by atoms with Gasteiger partial charge in [-0.3, -0.25) is 9.48 Å². The molecule has 27 heavy (non-hydrogen) atoms. The van der Waals surface area contributed by atoms with Crippen LogP contribution >= 0.6 is 23.4 Å². The molecule has 7 heteroatoms. The molecule has 0 amide bonds. The molecule has 0 radical (unpaired) electrons. The van der Waals surface area contributed by atoms with Crippen LogP contribution in [0.5, 0.6) is 0 Å². The van der Waals surface area contributed by atoms with Crippen LogP contribution in [0.2, 0.25) is 5.02 Å². The molecule has 0 saturated carbocycles. The second-order valence-corrected chi connectivity index (χ2v) is 8.46. The van der Waals surface area contributed by atoms with Crippen LogP contribution in [0.3, 0.4) is 0 Å². The van der Waals surface area contributed by atoms with Gasteiger partial charge < -0.3 is 4.74 Å². The van der Waals surface area contributed by atoms with Crippen molar-refractivity contribution >= 4 is 40.9 Å². The Labute approximate surface area is 169 Å². The summed E-state index contributed by atoms with van der Waals surface area (Å²) in [6.45, 7) is 8.25. The van der Waals surface area contributed by atoms with Gasteiger partial charge in [-0.05, 0) is 51.0 Å². The van der Waals surface area contributed by atoms with E-state index in [1.165, 1.54) is 5.56 Å². The van der Waals surface area contributed by atoms with Crippen LogP contribution in [-0.2, 0) is 16.6 Å².